The Morgan fingerprint density at radius 1 is 1.56 bits per heavy atom. The Kier molecular flexibility index (Phi) is 3.28. The molecule has 0 aliphatic rings. The van der Waals surface area contributed by atoms with Gasteiger partial charge in [-0.25, -0.2) is 4.98 Å². The average molecular weight is 267 g/mol. The van der Waals surface area contributed by atoms with Crippen molar-refractivity contribution in [3.63, 3.8) is 0 Å². The number of methoxy groups -OCH3 is 1. The second-order valence-corrected chi connectivity index (χ2v) is 4.27. The van der Waals surface area contributed by atoms with Gasteiger partial charge in [0.2, 0.25) is 11.8 Å². The van der Waals surface area contributed by atoms with Crippen molar-refractivity contribution in [2.45, 2.75) is 6.54 Å². The number of hydrogen-bond acceptors (Lipinski definition) is 5. The number of H-pyrrole nitrogens is 1. The minimum atomic E-state index is -0.0652. The highest BCUT2D eigenvalue weighted by molar-refractivity contribution is 7.71. The molecule has 0 aliphatic carbocycles. The van der Waals surface area contributed by atoms with Gasteiger partial charge in [-0.15, -0.1) is 0 Å². The first-order valence-electron chi connectivity index (χ1n) is 5.22. The maximum atomic E-state index is 11.7. The minimum Gasteiger partial charge on any atom is -0.479 e. The fraction of sp³-hybridized carbons (Fsp3) is 0.400. The van der Waals surface area contributed by atoms with Gasteiger partial charge in [-0.05, 0) is 12.2 Å². The van der Waals surface area contributed by atoms with Gasteiger partial charge in [0, 0.05) is 14.1 Å². The van der Waals surface area contributed by atoms with Crippen LogP contribution in [0.4, 0.5) is 0 Å². The molecule has 0 radical (unpaired) electrons. The van der Waals surface area contributed by atoms with Gasteiger partial charge in [-0.3, -0.25) is 9.36 Å². The monoisotopic (exact) mass is 267 g/mol. The maximum Gasteiger partial charge on any atom is 0.242 e. The van der Waals surface area contributed by atoms with E-state index in [9.17, 15) is 4.79 Å². The number of aromatic nitrogens is 4. The third kappa shape index (κ3) is 2.06. The third-order valence-electron chi connectivity index (χ3n) is 2.51. The molecule has 0 atom stereocenters. The topological polar surface area (TPSA) is 76.0 Å². The lowest BCUT2D eigenvalue weighted by molar-refractivity contribution is -0.129. The molecular weight excluding hydrogens is 254 g/mol. The molecule has 1 N–H and O–H groups in total. The van der Waals surface area contributed by atoms with Crippen LogP contribution in [0.1, 0.15) is 0 Å². The molecule has 96 valence electrons. The molecule has 0 aliphatic heterocycles. The fourth-order valence-corrected chi connectivity index (χ4v) is 1.78. The largest absolute Gasteiger partial charge is 0.479 e. The van der Waals surface area contributed by atoms with E-state index in [1.807, 2.05) is 0 Å². The number of rotatable bonds is 3. The lowest BCUT2D eigenvalue weighted by Gasteiger charge is -2.10. The van der Waals surface area contributed by atoms with Crippen LogP contribution in [0.25, 0.3) is 11.2 Å². The van der Waals surface area contributed by atoms with Crippen LogP contribution in [0.3, 0.4) is 0 Å². The van der Waals surface area contributed by atoms with Crippen LogP contribution in [0.5, 0.6) is 5.88 Å². The summed E-state index contributed by atoms with van der Waals surface area (Å²) in [6, 6.07) is 0. The standard InChI is InChI=1S/C10H13N5O2S/c1-14(2)6(16)4-15-8-7(13-10(15)18)9(17-3)12-5-11-8/h5H,4H2,1-3H3,(H,13,18). The second kappa shape index (κ2) is 4.73. The number of fused-ring (bicyclic) bond motifs is 1. The number of ether oxygens (including phenoxy) is 1. The van der Waals surface area contributed by atoms with Gasteiger partial charge in [-0.1, -0.05) is 0 Å². The molecule has 2 rings (SSSR count). The number of carbonyl (C=O) groups is 1. The molecule has 0 bridgehead atoms. The Bertz CT molecular complexity index is 645. The zero-order valence-electron chi connectivity index (χ0n) is 10.3. The lowest BCUT2D eigenvalue weighted by Crippen LogP contribution is -2.26. The normalized spacial score (nSPS) is 10.6. The van der Waals surface area contributed by atoms with Crippen LogP contribution < -0.4 is 4.74 Å². The van der Waals surface area contributed by atoms with Crippen LogP contribution in [0.15, 0.2) is 6.33 Å². The number of likely N-dealkylation sites (N-methyl/N-ethyl adjacent to an activating group) is 1. The van der Waals surface area contributed by atoms with Crippen molar-refractivity contribution in [3.05, 3.63) is 11.1 Å². The summed E-state index contributed by atoms with van der Waals surface area (Å²) in [5.74, 6) is 0.340. The molecule has 0 spiro atoms. The molecule has 8 heteroatoms. The van der Waals surface area contributed by atoms with Crippen LogP contribution in [-0.2, 0) is 11.3 Å². The van der Waals surface area contributed by atoms with Crippen LogP contribution in [0.2, 0.25) is 0 Å². The Balaban J connectivity index is 2.55. The molecule has 0 saturated heterocycles. The van der Waals surface area contributed by atoms with Crippen molar-refractivity contribution < 1.29 is 9.53 Å². The van der Waals surface area contributed by atoms with Crippen LogP contribution in [0, 0.1) is 4.77 Å². The number of hydrogen-bond donors (Lipinski definition) is 1. The van der Waals surface area contributed by atoms with Crippen molar-refractivity contribution in [3.8, 4) is 5.88 Å². The molecule has 2 heterocycles. The molecule has 7 nitrogen and oxygen atoms in total. The summed E-state index contributed by atoms with van der Waals surface area (Å²) in [4.78, 5) is 24.3. The van der Waals surface area contributed by atoms with Gasteiger partial charge in [0.05, 0.1) is 7.11 Å². The molecule has 0 unspecified atom stereocenters. The van der Waals surface area contributed by atoms with Crippen molar-refractivity contribution in [2.75, 3.05) is 21.2 Å². The SMILES string of the molecule is COc1ncnc2c1[nH]c(=S)n2CC(=O)N(C)C. The second-order valence-electron chi connectivity index (χ2n) is 3.89. The summed E-state index contributed by atoms with van der Waals surface area (Å²) in [7, 11) is 4.90. The van der Waals surface area contributed by atoms with Crippen molar-refractivity contribution >= 4 is 29.3 Å². The summed E-state index contributed by atoms with van der Waals surface area (Å²) in [5.41, 5.74) is 1.15. The number of aromatic amines is 1. The highest BCUT2D eigenvalue weighted by atomic mass is 32.1. The van der Waals surface area contributed by atoms with Gasteiger partial charge in [0.15, 0.2) is 10.4 Å². The summed E-state index contributed by atoms with van der Waals surface area (Å²) in [5, 5.41) is 0. The van der Waals surface area contributed by atoms with E-state index < -0.39 is 0 Å². The number of imidazole rings is 1. The first-order chi connectivity index (χ1) is 8.54. The Morgan fingerprint density at radius 2 is 2.28 bits per heavy atom. The van der Waals surface area contributed by atoms with E-state index in [0.717, 1.165) is 0 Å². The molecule has 2 aromatic heterocycles. The predicted octanol–water partition coefficient (Wildman–Crippen LogP) is 0.586. The highest BCUT2D eigenvalue weighted by Gasteiger charge is 2.14. The Labute approximate surface area is 108 Å². The molecule has 0 saturated carbocycles. The number of nitrogens with zero attached hydrogens (tertiary/aromatic N) is 4. The first kappa shape index (κ1) is 12.5. The van der Waals surface area contributed by atoms with Crippen molar-refractivity contribution in [1.82, 2.24) is 24.4 Å². The lowest BCUT2D eigenvalue weighted by atomic mass is 10.5. The zero-order valence-corrected chi connectivity index (χ0v) is 11.1. The van der Waals surface area contributed by atoms with E-state index in [1.165, 1.54) is 18.3 Å². The van der Waals surface area contributed by atoms with Crippen LogP contribution in [-0.4, -0.2) is 51.5 Å². The molecule has 18 heavy (non-hydrogen) atoms. The molecule has 2 aromatic rings. The summed E-state index contributed by atoms with van der Waals surface area (Å²) >= 11 is 5.18. The predicted molar refractivity (Wildman–Crippen MR) is 68.0 cm³/mol. The smallest absolute Gasteiger partial charge is 0.242 e. The van der Waals surface area contributed by atoms with E-state index in [1.54, 1.807) is 18.7 Å². The summed E-state index contributed by atoms with van der Waals surface area (Å²) in [6.07, 6.45) is 1.38. The fourth-order valence-electron chi connectivity index (χ4n) is 1.52. The Morgan fingerprint density at radius 3 is 2.89 bits per heavy atom. The quantitative estimate of drug-likeness (QED) is 0.823. The molecule has 0 fully saturated rings. The van der Waals surface area contributed by atoms with E-state index >= 15 is 0 Å². The van der Waals surface area contributed by atoms with Gasteiger partial charge in [0.25, 0.3) is 0 Å². The molecule has 1 amide bonds. The highest BCUT2D eigenvalue weighted by Crippen LogP contribution is 2.19. The molecule has 0 aromatic carbocycles. The first-order valence-corrected chi connectivity index (χ1v) is 5.63. The van der Waals surface area contributed by atoms with Gasteiger partial charge < -0.3 is 14.6 Å². The van der Waals surface area contributed by atoms with Crippen molar-refractivity contribution in [1.29, 1.82) is 0 Å². The van der Waals surface area contributed by atoms with Gasteiger partial charge in [0.1, 0.15) is 18.4 Å². The summed E-state index contributed by atoms with van der Waals surface area (Å²) < 4.78 is 7.15. The maximum absolute atomic E-state index is 11.7. The Hall–Kier alpha value is -1.96. The number of nitrogens with one attached hydrogen (secondary N) is 1. The van der Waals surface area contributed by atoms with E-state index in [-0.39, 0.29) is 12.5 Å². The zero-order chi connectivity index (χ0) is 13.3. The van der Waals surface area contributed by atoms with Crippen LogP contribution >= 0.6 is 12.2 Å². The third-order valence-corrected chi connectivity index (χ3v) is 2.83. The molecular formula is C10H13N5O2S. The van der Waals surface area contributed by atoms with Crippen molar-refractivity contribution in [2.24, 2.45) is 0 Å². The number of amides is 1. The van der Waals surface area contributed by atoms with E-state index in [4.69, 9.17) is 17.0 Å². The average Bonchev–Trinajstić information content (AvgIpc) is 2.65. The van der Waals surface area contributed by atoms with Gasteiger partial charge in [-0.2, -0.15) is 4.98 Å². The van der Waals surface area contributed by atoms with E-state index in [2.05, 4.69) is 15.0 Å². The minimum absolute atomic E-state index is 0.0652. The number of carbonyl (C=O) groups excluding carboxylic acids is 1. The van der Waals surface area contributed by atoms with E-state index in [0.29, 0.717) is 21.8 Å². The summed E-state index contributed by atoms with van der Waals surface area (Å²) in [6.45, 7) is 0.131. The van der Waals surface area contributed by atoms with Gasteiger partial charge >= 0.3 is 0 Å².